The van der Waals surface area contributed by atoms with Crippen LogP contribution < -0.4 is 5.32 Å². The van der Waals surface area contributed by atoms with Gasteiger partial charge in [0, 0.05) is 29.9 Å². The van der Waals surface area contributed by atoms with Crippen molar-refractivity contribution in [1.82, 2.24) is 15.1 Å². The number of nitrogens with zero attached hydrogens (tertiary/aromatic N) is 2. The number of carbonyl (C=O) groups is 1. The summed E-state index contributed by atoms with van der Waals surface area (Å²) in [5.41, 5.74) is 4.07. The molecule has 27 heavy (non-hydrogen) atoms. The van der Waals surface area contributed by atoms with Crippen molar-refractivity contribution in [2.75, 3.05) is 6.54 Å². The highest BCUT2D eigenvalue weighted by Crippen LogP contribution is 2.27. The minimum Gasteiger partial charge on any atom is -0.352 e. The fraction of sp³-hybridized carbons (Fsp3) is 0.217. The van der Waals surface area contributed by atoms with E-state index in [4.69, 9.17) is 5.10 Å². The van der Waals surface area contributed by atoms with E-state index in [0.717, 1.165) is 23.4 Å². The van der Waals surface area contributed by atoms with Crippen LogP contribution in [0, 0.1) is 5.92 Å². The summed E-state index contributed by atoms with van der Waals surface area (Å²) in [5.74, 6) is 0.632. The Kier molecular flexibility index (Phi) is 5.15. The maximum absolute atomic E-state index is 12.1. The molecule has 4 heteroatoms. The summed E-state index contributed by atoms with van der Waals surface area (Å²) in [4.78, 5) is 12.1. The number of amides is 1. The van der Waals surface area contributed by atoms with Crippen LogP contribution in [0.25, 0.3) is 17.3 Å². The number of hydrogen-bond donors (Lipinski definition) is 1. The second-order valence-electron chi connectivity index (χ2n) is 7.00. The Morgan fingerprint density at radius 3 is 2.48 bits per heavy atom. The van der Waals surface area contributed by atoms with E-state index in [9.17, 15) is 4.79 Å². The minimum atomic E-state index is -0.0447. The molecule has 0 aliphatic heterocycles. The molecule has 1 aliphatic rings. The molecule has 1 N–H and O–H groups in total. The van der Waals surface area contributed by atoms with E-state index in [2.05, 4.69) is 17.4 Å². The van der Waals surface area contributed by atoms with Gasteiger partial charge in [0.15, 0.2) is 0 Å². The van der Waals surface area contributed by atoms with Gasteiger partial charge in [0.25, 0.3) is 0 Å². The Morgan fingerprint density at radius 2 is 1.78 bits per heavy atom. The molecule has 1 aromatic heterocycles. The molecule has 3 aromatic rings. The summed E-state index contributed by atoms with van der Waals surface area (Å²) in [6.07, 6.45) is 7.93. The standard InChI is InChI=1S/C23H23N3O/c27-22(24-15-18-11-12-18)14-13-21-17-26(16-19-7-3-1-4-8-19)25-23(21)20-9-5-2-6-10-20/h1-10,13-14,17-18H,11-12,15-16H2,(H,24,27)/b14-13+. The first kappa shape index (κ1) is 17.3. The number of carbonyl (C=O) groups excluding carboxylic acids is 1. The molecule has 0 radical (unpaired) electrons. The first-order valence-electron chi connectivity index (χ1n) is 9.40. The van der Waals surface area contributed by atoms with Crippen molar-refractivity contribution < 1.29 is 4.79 Å². The smallest absolute Gasteiger partial charge is 0.244 e. The van der Waals surface area contributed by atoms with Crippen molar-refractivity contribution in [3.05, 3.63) is 84.1 Å². The molecule has 0 saturated heterocycles. The third-order valence-corrected chi connectivity index (χ3v) is 4.70. The van der Waals surface area contributed by atoms with Gasteiger partial charge in [-0.2, -0.15) is 5.10 Å². The van der Waals surface area contributed by atoms with Gasteiger partial charge in [-0.15, -0.1) is 0 Å². The largest absolute Gasteiger partial charge is 0.352 e. The second kappa shape index (κ2) is 8.04. The Balaban J connectivity index is 1.56. The van der Waals surface area contributed by atoms with Gasteiger partial charge in [-0.25, -0.2) is 0 Å². The van der Waals surface area contributed by atoms with Gasteiger partial charge >= 0.3 is 0 Å². The van der Waals surface area contributed by atoms with E-state index in [1.807, 2.05) is 65.5 Å². The van der Waals surface area contributed by atoms with Crippen LogP contribution in [0.5, 0.6) is 0 Å². The number of nitrogens with one attached hydrogen (secondary N) is 1. The third-order valence-electron chi connectivity index (χ3n) is 4.70. The van der Waals surface area contributed by atoms with Crippen molar-refractivity contribution in [3.8, 4) is 11.3 Å². The molecule has 0 unspecified atom stereocenters. The molecule has 1 saturated carbocycles. The van der Waals surface area contributed by atoms with E-state index >= 15 is 0 Å². The number of aromatic nitrogens is 2. The predicted molar refractivity (Wildman–Crippen MR) is 108 cm³/mol. The summed E-state index contributed by atoms with van der Waals surface area (Å²) in [5, 5.41) is 7.74. The van der Waals surface area contributed by atoms with Crippen molar-refractivity contribution in [1.29, 1.82) is 0 Å². The molecule has 4 rings (SSSR count). The van der Waals surface area contributed by atoms with Crippen LogP contribution >= 0.6 is 0 Å². The highest BCUT2D eigenvalue weighted by atomic mass is 16.1. The van der Waals surface area contributed by atoms with Crippen molar-refractivity contribution in [2.24, 2.45) is 5.92 Å². The summed E-state index contributed by atoms with van der Waals surface area (Å²) < 4.78 is 1.93. The maximum Gasteiger partial charge on any atom is 0.244 e. The monoisotopic (exact) mass is 357 g/mol. The Bertz CT molecular complexity index is 925. The summed E-state index contributed by atoms with van der Waals surface area (Å²) in [7, 11) is 0. The normalized spacial score (nSPS) is 13.8. The second-order valence-corrected chi connectivity index (χ2v) is 7.00. The SMILES string of the molecule is O=C(/C=C/c1cn(Cc2ccccc2)nc1-c1ccccc1)NCC1CC1. The zero-order valence-corrected chi connectivity index (χ0v) is 15.2. The molecule has 2 aromatic carbocycles. The van der Waals surface area contributed by atoms with E-state index in [1.165, 1.54) is 18.4 Å². The molecular weight excluding hydrogens is 334 g/mol. The number of hydrogen-bond acceptors (Lipinski definition) is 2. The summed E-state index contributed by atoms with van der Waals surface area (Å²) in [6, 6.07) is 20.3. The Hall–Kier alpha value is -3.14. The van der Waals surface area contributed by atoms with E-state index < -0.39 is 0 Å². The van der Waals surface area contributed by atoms with Gasteiger partial charge in [-0.3, -0.25) is 9.48 Å². The van der Waals surface area contributed by atoms with Crippen LogP contribution in [-0.4, -0.2) is 22.2 Å². The molecule has 0 spiro atoms. The van der Waals surface area contributed by atoms with Gasteiger partial charge in [0.2, 0.25) is 5.91 Å². The summed E-state index contributed by atoms with van der Waals surface area (Å²) >= 11 is 0. The number of rotatable bonds is 7. The highest BCUT2D eigenvalue weighted by Gasteiger charge is 2.21. The fourth-order valence-corrected chi connectivity index (χ4v) is 3.02. The molecular formula is C23H23N3O. The van der Waals surface area contributed by atoms with Crippen LogP contribution in [0.1, 0.15) is 24.0 Å². The Morgan fingerprint density at radius 1 is 1.07 bits per heavy atom. The van der Waals surface area contributed by atoms with Crippen LogP contribution in [0.4, 0.5) is 0 Å². The number of benzene rings is 2. The molecule has 0 bridgehead atoms. The van der Waals surface area contributed by atoms with Gasteiger partial charge in [-0.1, -0.05) is 60.7 Å². The molecule has 1 fully saturated rings. The lowest BCUT2D eigenvalue weighted by atomic mass is 10.1. The van der Waals surface area contributed by atoms with Crippen molar-refractivity contribution >= 4 is 12.0 Å². The van der Waals surface area contributed by atoms with Gasteiger partial charge < -0.3 is 5.32 Å². The van der Waals surface area contributed by atoms with Crippen LogP contribution in [0.2, 0.25) is 0 Å². The highest BCUT2D eigenvalue weighted by molar-refractivity contribution is 5.92. The maximum atomic E-state index is 12.1. The predicted octanol–water partition coefficient (Wildman–Crippen LogP) is 4.14. The lowest BCUT2D eigenvalue weighted by Gasteiger charge is -2.01. The van der Waals surface area contributed by atoms with Crippen LogP contribution in [-0.2, 0) is 11.3 Å². The zero-order valence-electron chi connectivity index (χ0n) is 15.2. The lowest BCUT2D eigenvalue weighted by Crippen LogP contribution is -2.23. The molecule has 1 heterocycles. The van der Waals surface area contributed by atoms with Crippen molar-refractivity contribution in [2.45, 2.75) is 19.4 Å². The molecule has 1 aliphatic carbocycles. The molecule has 1 amide bonds. The topological polar surface area (TPSA) is 46.9 Å². The average molecular weight is 357 g/mol. The van der Waals surface area contributed by atoms with E-state index in [-0.39, 0.29) is 5.91 Å². The van der Waals surface area contributed by atoms with Gasteiger partial charge in [0.1, 0.15) is 0 Å². The zero-order chi connectivity index (χ0) is 18.5. The van der Waals surface area contributed by atoms with E-state index in [1.54, 1.807) is 6.08 Å². The fourth-order valence-electron chi connectivity index (χ4n) is 3.02. The van der Waals surface area contributed by atoms with Crippen LogP contribution in [0.3, 0.4) is 0 Å². The van der Waals surface area contributed by atoms with Crippen molar-refractivity contribution in [3.63, 3.8) is 0 Å². The summed E-state index contributed by atoms with van der Waals surface area (Å²) in [6.45, 7) is 1.48. The quantitative estimate of drug-likeness (QED) is 0.646. The Labute approximate surface area is 159 Å². The third kappa shape index (κ3) is 4.73. The van der Waals surface area contributed by atoms with Gasteiger partial charge in [0.05, 0.1) is 12.2 Å². The lowest BCUT2D eigenvalue weighted by molar-refractivity contribution is -0.116. The molecule has 4 nitrogen and oxygen atoms in total. The van der Waals surface area contributed by atoms with Gasteiger partial charge in [-0.05, 0) is 30.4 Å². The molecule has 136 valence electrons. The average Bonchev–Trinajstić information content (AvgIpc) is 3.46. The molecule has 0 atom stereocenters. The first-order valence-corrected chi connectivity index (χ1v) is 9.40. The van der Waals surface area contributed by atoms with Crippen LogP contribution in [0.15, 0.2) is 72.9 Å². The first-order chi connectivity index (χ1) is 13.3. The van der Waals surface area contributed by atoms with E-state index in [0.29, 0.717) is 12.5 Å². The minimum absolute atomic E-state index is 0.0447.